The molecule has 1 heterocycles. The lowest BCUT2D eigenvalue weighted by atomic mass is 10.1. The van der Waals surface area contributed by atoms with Gasteiger partial charge in [-0.1, -0.05) is 54.1 Å². The normalized spacial score (nSPS) is 11.2. The van der Waals surface area contributed by atoms with Gasteiger partial charge in [0, 0.05) is 10.4 Å². The van der Waals surface area contributed by atoms with E-state index >= 15 is 0 Å². The first-order valence-electron chi connectivity index (χ1n) is 6.25. The number of rotatable bonds is 2. The van der Waals surface area contributed by atoms with Gasteiger partial charge in [-0.05, 0) is 29.8 Å². The third kappa shape index (κ3) is 2.51. The number of benzene rings is 2. The van der Waals surface area contributed by atoms with Crippen molar-refractivity contribution in [2.24, 2.45) is 0 Å². The number of aromatic hydroxyl groups is 1. The molecule has 0 aliphatic heterocycles. The zero-order valence-electron chi connectivity index (χ0n) is 10.6. The third-order valence-electron chi connectivity index (χ3n) is 3.06. The molecule has 0 aliphatic rings. The maximum atomic E-state index is 10.0. The van der Waals surface area contributed by atoms with Crippen LogP contribution in [0.5, 0.6) is 5.75 Å². The lowest BCUT2D eigenvalue weighted by Gasteiger charge is -2.02. The summed E-state index contributed by atoms with van der Waals surface area (Å²) in [6, 6.07) is 16.9. The molecule has 0 saturated carbocycles. The van der Waals surface area contributed by atoms with Crippen LogP contribution in [0, 0.1) is 0 Å². The highest BCUT2D eigenvalue weighted by Crippen LogP contribution is 2.24. The van der Waals surface area contributed by atoms with Crippen molar-refractivity contribution in [3.63, 3.8) is 0 Å². The van der Waals surface area contributed by atoms with Crippen LogP contribution in [0.4, 0.5) is 0 Å². The molecule has 0 atom stereocenters. The highest BCUT2D eigenvalue weighted by Gasteiger charge is 2.03. The summed E-state index contributed by atoms with van der Waals surface area (Å²) in [6.07, 6.45) is 3.61. The molecular formula is C17H12ClNO. The summed E-state index contributed by atoms with van der Waals surface area (Å²) in [5, 5.41) is 11.6. The van der Waals surface area contributed by atoms with E-state index in [0.29, 0.717) is 10.7 Å². The molecule has 20 heavy (non-hydrogen) atoms. The first kappa shape index (κ1) is 12.7. The molecule has 0 bridgehead atoms. The average molecular weight is 282 g/mol. The molecule has 98 valence electrons. The summed E-state index contributed by atoms with van der Waals surface area (Å²) in [4.78, 5) is 4.44. The fourth-order valence-electron chi connectivity index (χ4n) is 2.02. The number of halogens is 1. The van der Waals surface area contributed by atoms with Crippen LogP contribution in [0.3, 0.4) is 0 Å². The molecule has 0 spiro atoms. The number of nitrogens with zero attached hydrogens (tertiary/aromatic N) is 1. The molecule has 0 aliphatic carbocycles. The van der Waals surface area contributed by atoms with Gasteiger partial charge in [0.05, 0.1) is 5.52 Å². The molecule has 1 aromatic heterocycles. The summed E-state index contributed by atoms with van der Waals surface area (Å²) in [7, 11) is 0. The van der Waals surface area contributed by atoms with E-state index in [0.717, 1.165) is 16.5 Å². The molecule has 3 rings (SSSR count). The fraction of sp³-hybridized carbons (Fsp3) is 0. The SMILES string of the molecule is Oc1cc2ccccc2nc1C=Cc1ccccc1Cl. The summed E-state index contributed by atoms with van der Waals surface area (Å²) >= 11 is 6.09. The van der Waals surface area contributed by atoms with Gasteiger partial charge in [0.15, 0.2) is 0 Å². The number of para-hydroxylation sites is 1. The quantitative estimate of drug-likeness (QED) is 0.734. The van der Waals surface area contributed by atoms with Crippen molar-refractivity contribution in [1.82, 2.24) is 4.98 Å². The number of pyridine rings is 1. The van der Waals surface area contributed by atoms with Gasteiger partial charge in [-0.3, -0.25) is 0 Å². The van der Waals surface area contributed by atoms with E-state index in [1.165, 1.54) is 0 Å². The lowest BCUT2D eigenvalue weighted by molar-refractivity contribution is 0.472. The Bertz CT molecular complexity index is 796. The van der Waals surface area contributed by atoms with Crippen LogP contribution in [0.25, 0.3) is 23.1 Å². The van der Waals surface area contributed by atoms with Gasteiger partial charge in [-0.15, -0.1) is 0 Å². The van der Waals surface area contributed by atoms with E-state index in [-0.39, 0.29) is 5.75 Å². The van der Waals surface area contributed by atoms with Crippen LogP contribution in [-0.4, -0.2) is 10.1 Å². The van der Waals surface area contributed by atoms with Crippen LogP contribution >= 0.6 is 11.6 Å². The Morgan fingerprint density at radius 3 is 2.55 bits per heavy atom. The molecule has 3 aromatic rings. The first-order valence-corrected chi connectivity index (χ1v) is 6.63. The highest BCUT2D eigenvalue weighted by molar-refractivity contribution is 6.32. The Labute approximate surface area is 122 Å². The summed E-state index contributed by atoms with van der Waals surface area (Å²) in [6.45, 7) is 0. The van der Waals surface area contributed by atoms with Crippen molar-refractivity contribution >= 4 is 34.7 Å². The number of hydrogen-bond acceptors (Lipinski definition) is 2. The zero-order chi connectivity index (χ0) is 13.9. The minimum Gasteiger partial charge on any atom is -0.506 e. The molecule has 0 amide bonds. The Hall–Kier alpha value is -2.32. The molecular weight excluding hydrogens is 270 g/mol. The standard InChI is InChI=1S/C17H12ClNO/c18-14-7-3-1-5-12(14)9-10-16-17(20)11-13-6-2-4-8-15(13)19-16/h1-11,20H. The van der Waals surface area contributed by atoms with Gasteiger partial charge in [0.2, 0.25) is 0 Å². The molecule has 0 saturated heterocycles. The summed E-state index contributed by atoms with van der Waals surface area (Å²) in [5.74, 6) is 0.159. The Morgan fingerprint density at radius 2 is 1.70 bits per heavy atom. The van der Waals surface area contributed by atoms with Crippen molar-refractivity contribution in [3.8, 4) is 5.75 Å². The monoisotopic (exact) mass is 281 g/mol. The van der Waals surface area contributed by atoms with Crippen molar-refractivity contribution in [2.45, 2.75) is 0 Å². The van der Waals surface area contributed by atoms with Crippen molar-refractivity contribution in [1.29, 1.82) is 0 Å². The maximum Gasteiger partial charge on any atom is 0.141 e. The minimum absolute atomic E-state index is 0.159. The molecule has 2 aromatic carbocycles. The Morgan fingerprint density at radius 1 is 0.950 bits per heavy atom. The molecule has 1 N–H and O–H groups in total. The first-order chi connectivity index (χ1) is 9.74. The van der Waals surface area contributed by atoms with E-state index in [1.807, 2.05) is 54.6 Å². The van der Waals surface area contributed by atoms with Crippen LogP contribution in [0.1, 0.15) is 11.3 Å². The second-order valence-corrected chi connectivity index (χ2v) is 4.85. The smallest absolute Gasteiger partial charge is 0.141 e. The number of aromatic nitrogens is 1. The highest BCUT2D eigenvalue weighted by atomic mass is 35.5. The molecule has 0 fully saturated rings. The second-order valence-electron chi connectivity index (χ2n) is 4.44. The van der Waals surface area contributed by atoms with E-state index in [2.05, 4.69) is 4.98 Å². The fourth-order valence-corrected chi connectivity index (χ4v) is 2.22. The van der Waals surface area contributed by atoms with Crippen LogP contribution in [0.2, 0.25) is 5.02 Å². The number of fused-ring (bicyclic) bond motifs is 1. The van der Waals surface area contributed by atoms with Gasteiger partial charge >= 0.3 is 0 Å². The van der Waals surface area contributed by atoms with Crippen LogP contribution in [0.15, 0.2) is 54.6 Å². The van der Waals surface area contributed by atoms with Gasteiger partial charge in [-0.2, -0.15) is 0 Å². The lowest BCUT2D eigenvalue weighted by Crippen LogP contribution is -1.84. The van der Waals surface area contributed by atoms with Crippen molar-refractivity contribution in [3.05, 3.63) is 70.9 Å². The molecule has 2 nitrogen and oxygen atoms in total. The summed E-state index contributed by atoms with van der Waals surface area (Å²) < 4.78 is 0. The maximum absolute atomic E-state index is 10.0. The van der Waals surface area contributed by atoms with E-state index in [1.54, 1.807) is 12.1 Å². The van der Waals surface area contributed by atoms with Gasteiger partial charge in [0.1, 0.15) is 11.4 Å². The Kier molecular flexibility index (Phi) is 3.40. The molecule has 0 radical (unpaired) electrons. The predicted molar refractivity (Wildman–Crippen MR) is 83.8 cm³/mol. The topological polar surface area (TPSA) is 33.1 Å². The van der Waals surface area contributed by atoms with E-state index in [4.69, 9.17) is 11.6 Å². The van der Waals surface area contributed by atoms with E-state index in [9.17, 15) is 5.11 Å². The Balaban J connectivity index is 2.02. The largest absolute Gasteiger partial charge is 0.506 e. The van der Waals surface area contributed by atoms with Crippen molar-refractivity contribution in [2.75, 3.05) is 0 Å². The average Bonchev–Trinajstić information content (AvgIpc) is 2.46. The van der Waals surface area contributed by atoms with Crippen molar-refractivity contribution < 1.29 is 5.11 Å². The van der Waals surface area contributed by atoms with E-state index < -0.39 is 0 Å². The molecule has 3 heteroatoms. The predicted octanol–water partition coefficient (Wildman–Crippen LogP) is 4.76. The second kappa shape index (κ2) is 5.35. The van der Waals surface area contributed by atoms with Gasteiger partial charge < -0.3 is 5.11 Å². The van der Waals surface area contributed by atoms with Crippen LogP contribution in [-0.2, 0) is 0 Å². The number of hydrogen-bond donors (Lipinski definition) is 1. The molecule has 0 unspecified atom stereocenters. The van der Waals surface area contributed by atoms with Gasteiger partial charge in [-0.25, -0.2) is 4.98 Å². The van der Waals surface area contributed by atoms with Gasteiger partial charge in [0.25, 0.3) is 0 Å². The minimum atomic E-state index is 0.159. The summed E-state index contributed by atoms with van der Waals surface area (Å²) in [5.41, 5.74) is 2.27. The third-order valence-corrected chi connectivity index (χ3v) is 3.40. The van der Waals surface area contributed by atoms with Crippen LogP contribution < -0.4 is 0 Å². The zero-order valence-corrected chi connectivity index (χ0v) is 11.4.